The number of carbonyl (C=O) groups is 2. The van der Waals surface area contributed by atoms with Gasteiger partial charge in [-0.05, 0) is 49.4 Å². The molecular formula is C19H27N3O3. The van der Waals surface area contributed by atoms with Crippen LogP contribution in [0.15, 0.2) is 18.2 Å². The van der Waals surface area contributed by atoms with Crippen molar-refractivity contribution in [1.29, 1.82) is 0 Å². The van der Waals surface area contributed by atoms with E-state index < -0.39 is 0 Å². The van der Waals surface area contributed by atoms with E-state index in [9.17, 15) is 9.59 Å². The topological polar surface area (TPSA) is 70.7 Å². The molecule has 0 spiro atoms. The van der Waals surface area contributed by atoms with Crippen LogP contribution in [-0.4, -0.2) is 37.7 Å². The maximum absolute atomic E-state index is 12.4. The summed E-state index contributed by atoms with van der Waals surface area (Å²) in [6, 6.07) is 5.79. The van der Waals surface area contributed by atoms with Crippen LogP contribution in [0, 0.1) is 5.92 Å². The van der Waals surface area contributed by atoms with Gasteiger partial charge in [0.25, 0.3) is 0 Å². The van der Waals surface area contributed by atoms with Crippen molar-refractivity contribution >= 4 is 23.3 Å². The molecule has 0 aromatic heterocycles. The number of hydrogen-bond donors (Lipinski definition) is 2. The van der Waals surface area contributed by atoms with E-state index in [-0.39, 0.29) is 23.9 Å². The van der Waals surface area contributed by atoms with Crippen LogP contribution in [0.4, 0.5) is 16.2 Å². The first kappa shape index (κ1) is 17.7. The van der Waals surface area contributed by atoms with Gasteiger partial charge in [0.2, 0.25) is 5.91 Å². The zero-order valence-corrected chi connectivity index (χ0v) is 15.0. The maximum Gasteiger partial charge on any atom is 0.319 e. The number of urea groups is 1. The fourth-order valence-electron chi connectivity index (χ4n) is 3.41. The molecule has 1 saturated heterocycles. The molecule has 1 aromatic rings. The SMILES string of the molecule is CC(C)C(=O)N1CCCc2cc(NC(=O)NC3CCOCC3)ccc21. The molecule has 136 valence electrons. The van der Waals surface area contributed by atoms with E-state index in [0.29, 0.717) is 13.2 Å². The van der Waals surface area contributed by atoms with Crippen molar-refractivity contribution in [2.24, 2.45) is 5.92 Å². The van der Waals surface area contributed by atoms with E-state index in [1.165, 1.54) is 0 Å². The predicted octanol–water partition coefficient (Wildman–Crippen LogP) is 2.92. The largest absolute Gasteiger partial charge is 0.381 e. The maximum atomic E-state index is 12.4. The number of fused-ring (bicyclic) bond motifs is 1. The number of nitrogens with zero attached hydrogens (tertiary/aromatic N) is 1. The van der Waals surface area contributed by atoms with Gasteiger partial charge in [-0.15, -0.1) is 0 Å². The summed E-state index contributed by atoms with van der Waals surface area (Å²) in [6.07, 6.45) is 3.57. The summed E-state index contributed by atoms with van der Waals surface area (Å²) in [5, 5.41) is 5.91. The van der Waals surface area contributed by atoms with E-state index in [1.807, 2.05) is 36.9 Å². The first-order valence-corrected chi connectivity index (χ1v) is 9.14. The van der Waals surface area contributed by atoms with Crippen molar-refractivity contribution in [3.63, 3.8) is 0 Å². The Morgan fingerprint density at radius 2 is 2.00 bits per heavy atom. The lowest BCUT2D eigenvalue weighted by Gasteiger charge is -2.31. The van der Waals surface area contributed by atoms with Gasteiger partial charge in [0.15, 0.2) is 0 Å². The highest BCUT2D eigenvalue weighted by Crippen LogP contribution is 2.30. The van der Waals surface area contributed by atoms with Gasteiger partial charge >= 0.3 is 6.03 Å². The highest BCUT2D eigenvalue weighted by atomic mass is 16.5. The Kier molecular flexibility index (Phi) is 5.58. The smallest absolute Gasteiger partial charge is 0.319 e. The second-order valence-corrected chi connectivity index (χ2v) is 7.08. The molecule has 3 rings (SSSR count). The van der Waals surface area contributed by atoms with Gasteiger partial charge < -0.3 is 20.3 Å². The van der Waals surface area contributed by atoms with Crippen LogP contribution in [0.1, 0.15) is 38.7 Å². The van der Waals surface area contributed by atoms with Gasteiger partial charge in [-0.2, -0.15) is 0 Å². The van der Waals surface area contributed by atoms with E-state index in [1.54, 1.807) is 0 Å². The molecule has 2 aliphatic heterocycles. The average Bonchev–Trinajstić information content (AvgIpc) is 2.61. The summed E-state index contributed by atoms with van der Waals surface area (Å²) in [5.41, 5.74) is 2.85. The molecular weight excluding hydrogens is 318 g/mol. The van der Waals surface area contributed by atoms with Gasteiger partial charge in [-0.3, -0.25) is 4.79 Å². The Morgan fingerprint density at radius 1 is 1.24 bits per heavy atom. The molecule has 0 atom stereocenters. The minimum absolute atomic E-state index is 0.0194. The predicted molar refractivity (Wildman–Crippen MR) is 97.9 cm³/mol. The van der Waals surface area contributed by atoms with Crippen LogP contribution in [0.25, 0.3) is 0 Å². The van der Waals surface area contributed by atoms with Crippen LogP contribution in [0.5, 0.6) is 0 Å². The number of carbonyl (C=O) groups excluding carboxylic acids is 2. The lowest BCUT2D eigenvalue weighted by Crippen LogP contribution is -2.41. The molecule has 1 aromatic carbocycles. The third kappa shape index (κ3) is 4.31. The molecule has 0 saturated carbocycles. The molecule has 3 amide bonds. The van der Waals surface area contributed by atoms with Crippen molar-refractivity contribution in [2.45, 2.75) is 45.6 Å². The number of benzene rings is 1. The fraction of sp³-hybridized carbons (Fsp3) is 0.579. The minimum atomic E-state index is -0.183. The monoisotopic (exact) mass is 345 g/mol. The number of nitrogens with one attached hydrogen (secondary N) is 2. The summed E-state index contributed by atoms with van der Waals surface area (Å²) in [7, 11) is 0. The Balaban J connectivity index is 1.66. The highest BCUT2D eigenvalue weighted by molar-refractivity contribution is 5.96. The molecule has 0 unspecified atom stereocenters. The van der Waals surface area contributed by atoms with Crippen molar-refractivity contribution < 1.29 is 14.3 Å². The minimum Gasteiger partial charge on any atom is -0.381 e. The van der Waals surface area contributed by atoms with Crippen molar-refractivity contribution in [1.82, 2.24) is 5.32 Å². The Morgan fingerprint density at radius 3 is 2.72 bits per heavy atom. The third-order valence-electron chi connectivity index (χ3n) is 4.77. The van der Waals surface area contributed by atoms with Crippen molar-refractivity contribution in [2.75, 3.05) is 30.0 Å². The van der Waals surface area contributed by atoms with E-state index in [2.05, 4.69) is 10.6 Å². The zero-order valence-electron chi connectivity index (χ0n) is 15.0. The summed E-state index contributed by atoms with van der Waals surface area (Å²) < 4.78 is 5.30. The van der Waals surface area contributed by atoms with Gasteiger partial charge in [-0.25, -0.2) is 4.79 Å². The molecule has 25 heavy (non-hydrogen) atoms. The van der Waals surface area contributed by atoms with E-state index >= 15 is 0 Å². The number of rotatable bonds is 3. The van der Waals surface area contributed by atoms with Crippen LogP contribution >= 0.6 is 0 Å². The third-order valence-corrected chi connectivity index (χ3v) is 4.77. The molecule has 0 radical (unpaired) electrons. The van der Waals surface area contributed by atoms with Crippen molar-refractivity contribution in [3.05, 3.63) is 23.8 Å². The molecule has 2 N–H and O–H groups in total. The van der Waals surface area contributed by atoms with Crippen LogP contribution in [-0.2, 0) is 16.0 Å². The summed E-state index contributed by atoms with van der Waals surface area (Å²) in [6.45, 7) is 6.01. The lowest BCUT2D eigenvalue weighted by molar-refractivity contribution is -0.121. The van der Waals surface area contributed by atoms with Gasteiger partial charge in [0, 0.05) is 43.1 Å². The summed E-state index contributed by atoms with van der Waals surface area (Å²) >= 11 is 0. The van der Waals surface area contributed by atoms with Gasteiger partial charge in [0.05, 0.1) is 0 Å². The standard InChI is InChI=1S/C19H27N3O3/c1-13(2)18(23)22-9-3-4-14-12-16(5-6-17(14)22)21-19(24)20-15-7-10-25-11-8-15/h5-6,12-13,15H,3-4,7-11H2,1-2H3,(H2,20,21,24). The number of ether oxygens (including phenoxy) is 1. The van der Waals surface area contributed by atoms with Crippen LogP contribution in [0.3, 0.4) is 0 Å². The molecule has 2 heterocycles. The fourth-order valence-corrected chi connectivity index (χ4v) is 3.41. The average molecular weight is 345 g/mol. The number of aryl methyl sites for hydroxylation is 1. The summed E-state index contributed by atoms with van der Waals surface area (Å²) in [5.74, 6) is 0.132. The molecule has 0 aliphatic carbocycles. The Bertz CT molecular complexity index is 639. The Hall–Kier alpha value is -2.08. The molecule has 2 aliphatic rings. The number of amides is 3. The molecule has 0 bridgehead atoms. The molecule has 6 heteroatoms. The molecule has 6 nitrogen and oxygen atoms in total. The van der Waals surface area contributed by atoms with Gasteiger partial charge in [0.1, 0.15) is 0 Å². The van der Waals surface area contributed by atoms with Gasteiger partial charge in [-0.1, -0.05) is 13.8 Å². The second-order valence-electron chi connectivity index (χ2n) is 7.08. The second kappa shape index (κ2) is 7.87. The number of hydrogen-bond acceptors (Lipinski definition) is 3. The normalized spacial score (nSPS) is 18.0. The highest BCUT2D eigenvalue weighted by Gasteiger charge is 2.24. The quantitative estimate of drug-likeness (QED) is 0.885. The zero-order chi connectivity index (χ0) is 17.8. The lowest BCUT2D eigenvalue weighted by atomic mass is 9.99. The first-order chi connectivity index (χ1) is 12.0. The number of anilines is 2. The van der Waals surface area contributed by atoms with Crippen LogP contribution in [0.2, 0.25) is 0 Å². The summed E-state index contributed by atoms with van der Waals surface area (Å²) in [4.78, 5) is 26.4. The van der Waals surface area contributed by atoms with E-state index in [0.717, 1.165) is 49.2 Å². The first-order valence-electron chi connectivity index (χ1n) is 9.14. The van der Waals surface area contributed by atoms with Crippen LogP contribution < -0.4 is 15.5 Å². The van der Waals surface area contributed by atoms with E-state index in [4.69, 9.17) is 4.74 Å². The van der Waals surface area contributed by atoms with Crippen molar-refractivity contribution in [3.8, 4) is 0 Å². The Labute approximate surface area is 148 Å². The molecule has 1 fully saturated rings.